The first-order valence-corrected chi connectivity index (χ1v) is 6.50. The van der Waals surface area contributed by atoms with Crippen molar-refractivity contribution in [3.05, 3.63) is 23.8 Å². The molecule has 4 nitrogen and oxygen atoms in total. The van der Waals surface area contributed by atoms with Crippen LogP contribution in [0.5, 0.6) is 11.5 Å². The SMILES string of the molecule is COc1ccc2c(c1)OC[C@H](CNC(=O)CC(F)(F)F)C2. The van der Waals surface area contributed by atoms with Crippen molar-refractivity contribution in [3.63, 3.8) is 0 Å². The van der Waals surface area contributed by atoms with Gasteiger partial charge in [0.25, 0.3) is 0 Å². The Kier molecular flexibility index (Phi) is 4.59. The van der Waals surface area contributed by atoms with Gasteiger partial charge in [0, 0.05) is 18.5 Å². The lowest BCUT2D eigenvalue weighted by Gasteiger charge is -2.25. The highest BCUT2D eigenvalue weighted by molar-refractivity contribution is 5.76. The molecule has 0 spiro atoms. The van der Waals surface area contributed by atoms with E-state index in [0.717, 1.165) is 5.56 Å². The van der Waals surface area contributed by atoms with E-state index in [1.165, 1.54) is 0 Å². The number of benzene rings is 1. The average Bonchev–Trinajstić information content (AvgIpc) is 2.42. The Labute approximate surface area is 120 Å². The maximum Gasteiger partial charge on any atom is 0.397 e. The molecule has 0 bridgehead atoms. The van der Waals surface area contributed by atoms with Crippen LogP contribution < -0.4 is 14.8 Å². The van der Waals surface area contributed by atoms with Gasteiger partial charge >= 0.3 is 6.18 Å². The van der Waals surface area contributed by atoms with Crippen LogP contribution in [0.3, 0.4) is 0 Å². The van der Waals surface area contributed by atoms with Crippen LogP contribution in [0.25, 0.3) is 0 Å². The van der Waals surface area contributed by atoms with Crippen molar-refractivity contribution in [1.82, 2.24) is 5.32 Å². The number of hydrogen-bond donors (Lipinski definition) is 1. The number of halogens is 3. The number of amides is 1. The molecule has 1 amide bonds. The summed E-state index contributed by atoms with van der Waals surface area (Å²) in [4.78, 5) is 11.1. The van der Waals surface area contributed by atoms with Crippen molar-refractivity contribution in [2.24, 2.45) is 5.92 Å². The molecule has 1 aromatic carbocycles. The number of hydrogen-bond acceptors (Lipinski definition) is 3. The first-order valence-electron chi connectivity index (χ1n) is 6.50. The zero-order chi connectivity index (χ0) is 15.5. The van der Waals surface area contributed by atoms with Crippen molar-refractivity contribution in [2.75, 3.05) is 20.3 Å². The second kappa shape index (κ2) is 6.24. The van der Waals surface area contributed by atoms with Gasteiger partial charge in [-0.05, 0) is 18.1 Å². The molecule has 0 fully saturated rings. The lowest BCUT2D eigenvalue weighted by Crippen LogP contribution is -2.36. The Morgan fingerprint density at radius 3 is 2.90 bits per heavy atom. The predicted molar refractivity (Wildman–Crippen MR) is 69.4 cm³/mol. The van der Waals surface area contributed by atoms with Gasteiger partial charge in [0.05, 0.1) is 13.7 Å². The molecule has 1 N–H and O–H groups in total. The van der Waals surface area contributed by atoms with Crippen LogP contribution in [-0.4, -0.2) is 32.3 Å². The predicted octanol–water partition coefficient (Wildman–Crippen LogP) is 2.31. The molecule has 1 aromatic rings. The first kappa shape index (κ1) is 15.5. The van der Waals surface area contributed by atoms with E-state index in [9.17, 15) is 18.0 Å². The summed E-state index contributed by atoms with van der Waals surface area (Å²) in [6.45, 7) is 0.521. The Hall–Kier alpha value is -1.92. The van der Waals surface area contributed by atoms with Crippen molar-refractivity contribution >= 4 is 5.91 Å². The van der Waals surface area contributed by atoms with Crippen LogP contribution in [0.1, 0.15) is 12.0 Å². The third kappa shape index (κ3) is 4.54. The minimum absolute atomic E-state index is 0.0388. The Bertz CT molecular complexity index is 517. The van der Waals surface area contributed by atoms with Crippen LogP contribution in [-0.2, 0) is 11.2 Å². The fourth-order valence-corrected chi connectivity index (χ4v) is 2.18. The summed E-state index contributed by atoms with van der Waals surface area (Å²) in [7, 11) is 1.56. The van der Waals surface area contributed by atoms with Crippen LogP contribution in [0.15, 0.2) is 18.2 Å². The fraction of sp³-hybridized carbons (Fsp3) is 0.500. The van der Waals surface area contributed by atoms with Gasteiger partial charge in [-0.25, -0.2) is 0 Å². The van der Waals surface area contributed by atoms with Crippen LogP contribution >= 0.6 is 0 Å². The van der Waals surface area contributed by atoms with E-state index in [1.54, 1.807) is 19.2 Å². The van der Waals surface area contributed by atoms with E-state index in [0.29, 0.717) is 24.5 Å². The molecule has 0 radical (unpaired) electrons. The number of fused-ring (bicyclic) bond motifs is 1. The Morgan fingerprint density at radius 2 is 2.24 bits per heavy atom. The van der Waals surface area contributed by atoms with Gasteiger partial charge in [0.2, 0.25) is 5.91 Å². The normalized spacial score (nSPS) is 17.6. The van der Waals surface area contributed by atoms with E-state index in [-0.39, 0.29) is 12.5 Å². The molecule has 21 heavy (non-hydrogen) atoms. The highest BCUT2D eigenvalue weighted by Crippen LogP contribution is 2.30. The summed E-state index contributed by atoms with van der Waals surface area (Å²) in [5, 5.41) is 2.30. The highest BCUT2D eigenvalue weighted by atomic mass is 19.4. The number of alkyl halides is 3. The monoisotopic (exact) mass is 303 g/mol. The van der Waals surface area contributed by atoms with Crippen molar-refractivity contribution in [1.29, 1.82) is 0 Å². The summed E-state index contributed by atoms with van der Waals surface area (Å²) in [5.74, 6) is 0.351. The van der Waals surface area contributed by atoms with Crippen molar-refractivity contribution < 1.29 is 27.4 Å². The third-order valence-corrected chi connectivity index (χ3v) is 3.21. The number of ether oxygens (including phenoxy) is 2. The van der Waals surface area contributed by atoms with Gasteiger partial charge in [0.1, 0.15) is 17.9 Å². The molecule has 0 aliphatic carbocycles. The van der Waals surface area contributed by atoms with Gasteiger partial charge < -0.3 is 14.8 Å². The number of rotatable bonds is 4. The van der Waals surface area contributed by atoms with Crippen LogP contribution in [0, 0.1) is 5.92 Å². The summed E-state index contributed by atoms with van der Waals surface area (Å²) in [5.41, 5.74) is 0.956. The Balaban J connectivity index is 1.86. The van der Waals surface area contributed by atoms with E-state index < -0.39 is 18.5 Å². The summed E-state index contributed by atoms with van der Waals surface area (Å²) in [6, 6.07) is 5.43. The number of methoxy groups -OCH3 is 1. The summed E-state index contributed by atoms with van der Waals surface area (Å²) < 4.78 is 46.8. The first-order chi connectivity index (χ1) is 9.87. The van der Waals surface area contributed by atoms with Crippen molar-refractivity contribution in [3.8, 4) is 11.5 Å². The lowest BCUT2D eigenvalue weighted by atomic mass is 9.96. The molecule has 1 aliphatic rings. The van der Waals surface area contributed by atoms with E-state index >= 15 is 0 Å². The molecule has 116 valence electrons. The molecular weight excluding hydrogens is 287 g/mol. The molecular formula is C14H16F3NO3. The smallest absolute Gasteiger partial charge is 0.397 e. The second-order valence-corrected chi connectivity index (χ2v) is 4.95. The largest absolute Gasteiger partial charge is 0.497 e. The van der Waals surface area contributed by atoms with Crippen LogP contribution in [0.2, 0.25) is 0 Å². The second-order valence-electron chi connectivity index (χ2n) is 4.95. The van der Waals surface area contributed by atoms with Crippen LogP contribution in [0.4, 0.5) is 13.2 Å². The number of nitrogens with one attached hydrogen (secondary N) is 1. The minimum Gasteiger partial charge on any atom is -0.497 e. The lowest BCUT2D eigenvalue weighted by molar-refractivity contribution is -0.153. The summed E-state index contributed by atoms with van der Waals surface area (Å²) >= 11 is 0. The zero-order valence-electron chi connectivity index (χ0n) is 11.5. The maximum atomic E-state index is 12.0. The third-order valence-electron chi connectivity index (χ3n) is 3.21. The molecule has 0 unspecified atom stereocenters. The molecule has 1 atom stereocenters. The van der Waals surface area contributed by atoms with Crippen molar-refractivity contribution in [2.45, 2.75) is 19.0 Å². The quantitative estimate of drug-likeness (QED) is 0.928. The van der Waals surface area contributed by atoms with Gasteiger partial charge in [-0.1, -0.05) is 6.07 Å². The van der Waals surface area contributed by atoms with Gasteiger partial charge in [-0.3, -0.25) is 4.79 Å². The van der Waals surface area contributed by atoms with E-state index in [4.69, 9.17) is 9.47 Å². The van der Waals surface area contributed by atoms with Gasteiger partial charge in [0.15, 0.2) is 0 Å². The maximum absolute atomic E-state index is 12.0. The summed E-state index contributed by atoms with van der Waals surface area (Å²) in [6.07, 6.45) is -5.28. The molecule has 0 aromatic heterocycles. The molecule has 7 heteroatoms. The van der Waals surface area contributed by atoms with E-state index in [2.05, 4.69) is 5.32 Å². The van der Waals surface area contributed by atoms with E-state index in [1.807, 2.05) is 6.07 Å². The molecule has 1 aliphatic heterocycles. The highest BCUT2D eigenvalue weighted by Gasteiger charge is 2.31. The molecule has 0 saturated heterocycles. The van der Waals surface area contributed by atoms with Gasteiger partial charge in [-0.2, -0.15) is 13.2 Å². The average molecular weight is 303 g/mol. The number of carbonyl (C=O) groups excluding carboxylic acids is 1. The zero-order valence-corrected chi connectivity index (χ0v) is 11.5. The molecule has 2 rings (SSSR count). The fourth-order valence-electron chi connectivity index (χ4n) is 2.18. The minimum atomic E-state index is -4.48. The number of carbonyl (C=O) groups is 1. The topological polar surface area (TPSA) is 47.6 Å². The Morgan fingerprint density at radius 1 is 1.48 bits per heavy atom. The molecule has 0 saturated carbocycles. The molecule has 1 heterocycles. The standard InChI is InChI=1S/C14H16F3NO3/c1-20-11-3-2-10-4-9(8-21-12(10)5-11)7-18-13(19)6-14(15,16)17/h2-3,5,9H,4,6-8H2,1H3,(H,18,19)/t9-/m0/s1. The van der Waals surface area contributed by atoms with Gasteiger partial charge in [-0.15, -0.1) is 0 Å².